The van der Waals surface area contributed by atoms with Gasteiger partial charge in [-0.2, -0.15) is 0 Å². The number of halogens is 2. The molecule has 0 spiro atoms. The minimum Gasteiger partial charge on any atom is -0.487 e. The lowest BCUT2D eigenvalue weighted by Gasteiger charge is -2.29. The maximum atomic E-state index is 12.6. The summed E-state index contributed by atoms with van der Waals surface area (Å²) in [6.45, 7) is 1.06. The highest BCUT2D eigenvalue weighted by molar-refractivity contribution is 5.93. The first kappa shape index (κ1) is 18.5. The van der Waals surface area contributed by atoms with Crippen molar-refractivity contribution in [1.82, 2.24) is 10.3 Å². The van der Waals surface area contributed by atoms with E-state index in [2.05, 4.69) is 10.3 Å². The fourth-order valence-electron chi connectivity index (χ4n) is 3.25. The van der Waals surface area contributed by atoms with Gasteiger partial charge < -0.3 is 15.8 Å². The number of hydrogen-bond acceptors (Lipinski definition) is 4. The third-order valence-corrected chi connectivity index (χ3v) is 4.93. The van der Waals surface area contributed by atoms with E-state index in [0.717, 1.165) is 31.2 Å². The Morgan fingerprint density at radius 2 is 2.08 bits per heavy atom. The average Bonchev–Trinajstić information content (AvgIpc) is 3.44. The van der Waals surface area contributed by atoms with E-state index in [0.29, 0.717) is 0 Å². The maximum absolute atomic E-state index is 12.6. The fraction of sp³-hybridized carbons (Fsp3) is 0.611. The van der Waals surface area contributed by atoms with E-state index in [1.807, 2.05) is 0 Å². The first-order valence-electron chi connectivity index (χ1n) is 8.80. The molecule has 0 saturated heterocycles. The van der Waals surface area contributed by atoms with Gasteiger partial charge in [0.25, 0.3) is 12.3 Å². The maximum Gasteiger partial charge on any atom is 0.272 e. The Balaban J connectivity index is 1.77. The molecule has 1 atom stereocenters. The number of carbonyl (C=O) groups is 2. The number of ether oxygens (including phenoxy) is 1. The molecule has 6 nitrogen and oxygen atoms in total. The van der Waals surface area contributed by atoms with Crippen molar-refractivity contribution in [2.75, 3.05) is 6.61 Å². The monoisotopic (exact) mass is 367 g/mol. The van der Waals surface area contributed by atoms with Crippen molar-refractivity contribution in [3.05, 3.63) is 23.5 Å². The summed E-state index contributed by atoms with van der Waals surface area (Å²) in [5.41, 5.74) is 5.41. The first-order chi connectivity index (χ1) is 12.3. The van der Waals surface area contributed by atoms with E-state index in [1.54, 1.807) is 6.92 Å². The molecule has 2 aliphatic rings. The summed E-state index contributed by atoms with van der Waals surface area (Å²) in [4.78, 5) is 28.2. The van der Waals surface area contributed by atoms with Crippen LogP contribution >= 0.6 is 0 Å². The molecule has 2 saturated carbocycles. The number of nitrogens with one attached hydrogen (secondary N) is 1. The number of primary amides is 1. The summed E-state index contributed by atoms with van der Waals surface area (Å²) in [5.74, 6) is -0.239. The van der Waals surface area contributed by atoms with Crippen LogP contribution in [0.15, 0.2) is 12.3 Å². The van der Waals surface area contributed by atoms with Crippen LogP contribution in [-0.2, 0) is 4.79 Å². The van der Waals surface area contributed by atoms with Gasteiger partial charge in [-0.1, -0.05) is 0 Å². The Labute approximate surface area is 150 Å². The van der Waals surface area contributed by atoms with Crippen LogP contribution in [0.5, 0.6) is 5.75 Å². The highest BCUT2D eigenvalue weighted by atomic mass is 19.3. The third kappa shape index (κ3) is 4.47. The molecule has 1 heterocycles. The molecule has 2 amide bonds. The second kappa shape index (κ2) is 7.17. The van der Waals surface area contributed by atoms with Gasteiger partial charge in [0.05, 0.1) is 0 Å². The SMILES string of the molecule is CC(CC(N)=O)(NC(=O)c1cc(OCC(F)F)c(C2CC2)cn1)C1CC1. The molecule has 2 aliphatic carbocycles. The molecule has 3 rings (SSSR count). The minimum absolute atomic E-state index is 0.0400. The van der Waals surface area contributed by atoms with Crippen molar-refractivity contribution >= 4 is 11.8 Å². The van der Waals surface area contributed by atoms with E-state index in [-0.39, 0.29) is 29.7 Å². The molecule has 0 aromatic carbocycles. The van der Waals surface area contributed by atoms with Crippen LogP contribution in [0.3, 0.4) is 0 Å². The summed E-state index contributed by atoms with van der Waals surface area (Å²) < 4.78 is 30.2. The molecule has 1 aromatic rings. The summed E-state index contributed by atoms with van der Waals surface area (Å²) in [6.07, 6.45) is 2.71. The molecular weight excluding hydrogens is 344 g/mol. The summed E-state index contributed by atoms with van der Waals surface area (Å²) in [6, 6.07) is 1.41. The second-order valence-corrected chi connectivity index (χ2v) is 7.37. The summed E-state index contributed by atoms with van der Waals surface area (Å²) in [5, 5.41) is 2.85. The van der Waals surface area contributed by atoms with Crippen molar-refractivity contribution in [2.24, 2.45) is 11.7 Å². The van der Waals surface area contributed by atoms with E-state index in [1.165, 1.54) is 12.3 Å². The lowest BCUT2D eigenvalue weighted by atomic mass is 9.91. The first-order valence-corrected chi connectivity index (χ1v) is 8.80. The van der Waals surface area contributed by atoms with E-state index in [4.69, 9.17) is 10.5 Å². The Morgan fingerprint density at radius 1 is 1.38 bits per heavy atom. The molecule has 8 heteroatoms. The van der Waals surface area contributed by atoms with Gasteiger partial charge in [0.15, 0.2) is 0 Å². The van der Waals surface area contributed by atoms with Gasteiger partial charge in [-0.05, 0) is 44.4 Å². The third-order valence-electron chi connectivity index (χ3n) is 4.93. The Morgan fingerprint density at radius 3 is 2.62 bits per heavy atom. The van der Waals surface area contributed by atoms with Crippen LogP contribution in [0.1, 0.15) is 61.0 Å². The smallest absolute Gasteiger partial charge is 0.272 e. The van der Waals surface area contributed by atoms with Crippen molar-refractivity contribution in [3.63, 3.8) is 0 Å². The second-order valence-electron chi connectivity index (χ2n) is 7.37. The summed E-state index contributed by atoms with van der Waals surface area (Å²) in [7, 11) is 0. The highest BCUT2D eigenvalue weighted by Crippen LogP contribution is 2.44. The number of nitrogens with zero attached hydrogens (tertiary/aromatic N) is 1. The number of carbonyl (C=O) groups excluding carboxylic acids is 2. The molecule has 26 heavy (non-hydrogen) atoms. The lowest BCUT2D eigenvalue weighted by molar-refractivity contribution is -0.119. The van der Waals surface area contributed by atoms with Crippen LogP contribution in [-0.4, -0.2) is 35.4 Å². The standard InChI is InChI=1S/C18H23F2N3O3/c1-18(7-16(21)24,11-4-5-11)23-17(25)13-6-14(26-9-15(19)20)12(8-22-13)10-2-3-10/h6,8,10-11,15H,2-5,7,9H2,1H3,(H2,21,24)(H,23,25). The molecule has 2 fully saturated rings. The number of hydrogen-bond donors (Lipinski definition) is 2. The molecule has 0 bridgehead atoms. The topological polar surface area (TPSA) is 94.3 Å². The van der Waals surface area contributed by atoms with Crippen molar-refractivity contribution < 1.29 is 23.1 Å². The van der Waals surface area contributed by atoms with Gasteiger partial charge >= 0.3 is 0 Å². The summed E-state index contributed by atoms with van der Waals surface area (Å²) >= 11 is 0. The quantitative estimate of drug-likeness (QED) is 0.701. The van der Waals surface area contributed by atoms with Gasteiger partial charge in [-0.15, -0.1) is 0 Å². The molecule has 1 aromatic heterocycles. The molecule has 0 radical (unpaired) electrons. The van der Waals surface area contributed by atoms with E-state index in [9.17, 15) is 18.4 Å². The highest BCUT2D eigenvalue weighted by Gasteiger charge is 2.44. The number of alkyl halides is 2. The average molecular weight is 367 g/mol. The normalized spacial score (nSPS) is 19.1. The van der Waals surface area contributed by atoms with E-state index < -0.39 is 30.4 Å². The Bertz CT molecular complexity index is 705. The fourth-order valence-corrected chi connectivity index (χ4v) is 3.25. The molecule has 3 N–H and O–H groups in total. The number of pyridine rings is 1. The van der Waals surface area contributed by atoms with Gasteiger partial charge in [0, 0.05) is 29.8 Å². The predicted molar refractivity (Wildman–Crippen MR) is 90.1 cm³/mol. The van der Waals surface area contributed by atoms with Crippen LogP contribution in [0, 0.1) is 5.92 Å². The predicted octanol–water partition coefficient (Wildman–Crippen LogP) is 2.38. The van der Waals surface area contributed by atoms with Gasteiger partial charge in [0.2, 0.25) is 5.91 Å². The number of nitrogens with two attached hydrogens (primary N) is 1. The molecule has 0 aliphatic heterocycles. The number of aromatic nitrogens is 1. The van der Waals surface area contributed by atoms with Crippen LogP contribution in [0.4, 0.5) is 8.78 Å². The van der Waals surface area contributed by atoms with Crippen LogP contribution in [0.2, 0.25) is 0 Å². The molecule has 142 valence electrons. The zero-order valence-electron chi connectivity index (χ0n) is 14.6. The van der Waals surface area contributed by atoms with Crippen LogP contribution in [0.25, 0.3) is 0 Å². The Kier molecular flexibility index (Phi) is 5.11. The Hall–Kier alpha value is -2.25. The van der Waals surface area contributed by atoms with Gasteiger partial charge in [-0.3, -0.25) is 14.6 Å². The van der Waals surface area contributed by atoms with Crippen molar-refractivity contribution in [3.8, 4) is 5.75 Å². The number of rotatable bonds is 9. The van der Waals surface area contributed by atoms with Crippen LogP contribution < -0.4 is 15.8 Å². The lowest BCUT2D eigenvalue weighted by Crippen LogP contribution is -2.50. The zero-order valence-corrected chi connectivity index (χ0v) is 14.6. The van der Waals surface area contributed by atoms with Gasteiger partial charge in [0.1, 0.15) is 18.1 Å². The van der Waals surface area contributed by atoms with Gasteiger partial charge in [-0.25, -0.2) is 8.78 Å². The largest absolute Gasteiger partial charge is 0.487 e. The van der Waals surface area contributed by atoms with Crippen molar-refractivity contribution in [1.29, 1.82) is 0 Å². The van der Waals surface area contributed by atoms with E-state index >= 15 is 0 Å². The molecular formula is C18H23F2N3O3. The number of amides is 2. The minimum atomic E-state index is -2.60. The zero-order chi connectivity index (χ0) is 18.9. The molecule has 1 unspecified atom stereocenters. The van der Waals surface area contributed by atoms with Crippen molar-refractivity contribution in [2.45, 2.75) is 56.9 Å².